The summed E-state index contributed by atoms with van der Waals surface area (Å²) < 4.78 is 0. The monoisotopic (exact) mass is 268 g/mol. The van der Waals surface area contributed by atoms with E-state index in [0.717, 1.165) is 18.9 Å². The number of thioether (sulfide) groups is 1. The summed E-state index contributed by atoms with van der Waals surface area (Å²) in [6.45, 7) is 1.83. The molecule has 0 unspecified atom stereocenters. The molecule has 1 N–H and O–H groups in total. The minimum absolute atomic E-state index is 0.882. The lowest BCUT2D eigenvalue weighted by atomic mass is 10.0. The summed E-state index contributed by atoms with van der Waals surface area (Å²) in [5, 5.41) is 3.29. The third kappa shape index (κ3) is 2.66. The minimum Gasteiger partial charge on any atom is -0.368 e. The largest absolute Gasteiger partial charge is 0.368 e. The van der Waals surface area contributed by atoms with Crippen molar-refractivity contribution >= 4 is 17.6 Å². The van der Waals surface area contributed by atoms with Gasteiger partial charge in [0.2, 0.25) is 0 Å². The molecule has 0 radical (unpaired) electrons. The van der Waals surface area contributed by atoms with E-state index < -0.39 is 0 Å². The molecule has 3 heteroatoms. The Balaban J connectivity index is 1.85. The quantitative estimate of drug-likeness (QED) is 0.863. The van der Waals surface area contributed by atoms with Crippen LogP contribution >= 0.6 is 11.8 Å². The van der Waals surface area contributed by atoms with Crippen molar-refractivity contribution in [2.45, 2.75) is 4.90 Å². The van der Waals surface area contributed by atoms with Crippen molar-refractivity contribution in [3.63, 3.8) is 0 Å². The molecule has 0 aliphatic carbocycles. The van der Waals surface area contributed by atoms with Crippen LogP contribution in [0.3, 0.4) is 0 Å². The van der Waals surface area contributed by atoms with Gasteiger partial charge in [-0.2, -0.15) is 0 Å². The van der Waals surface area contributed by atoms with Gasteiger partial charge in [-0.05, 0) is 29.5 Å². The molecule has 3 rings (SSSR count). The number of nitrogens with one attached hydrogen (secondary N) is 1. The van der Waals surface area contributed by atoms with E-state index in [9.17, 15) is 0 Å². The summed E-state index contributed by atoms with van der Waals surface area (Å²) in [6, 6.07) is 17.3. The molecule has 0 amide bonds. The lowest BCUT2D eigenvalue weighted by molar-refractivity contribution is 0.960. The second-order valence-corrected chi connectivity index (χ2v) is 5.34. The first-order valence-corrected chi connectivity index (χ1v) is 7.62. The summed E-state index contributed by atoms with van der Waals surface area (Å²) >= 11 is 1.77. The highest BCUT2D eigenvalue weighted by Gasteiger charge is 2.07. The Morgan fingerprint density at radius 3 is 2.00 bits per heavy atom. The van der Waals surface area contributed by atoms with Gasteiger partial charge in [-0.15, -0.1) is 11.8 Å². The van der Waals surface area contributed by atoms with Crippen LogP contribution in [0.15, 0.2) is 58.4 Å². The van der Waals surface area contributed by atoms with E-state index in [4.69, 9.17) is 0 Å². The predicted molar refractivity (Wildman–Crippen MR) is 83.1 cm³/mol. The second kappa shape index (κ2) is 5.49. The zero-order valence-electron chi connectivity index (χ0n) is 10.9. The van der Waals surface area contributed by atoms with Crippen molar-refractivity contribution in [2.24, 2.45) is 4.99 Å². The molecule has 2 aromatic carbocycles. The van der Waals surface area contributed by atoms with Crippen LogP contribution < -0.4 is 5.32 Å². The van der Waals surface area contributed by atoms with Crippen LogP contribution in [0.1, 0.15) is 5.56 Å². The molecule has 0 fully saturated rings. The van der Waals surface area contributed by atoms with Crippen LogP contribution in [0.25, 0.3) is 11.1 Å². The molecule has 1 aliphatic rings. The zero-order chi connectivity index (χ0) is 13.1. The van der Waals surface area contributed by atoms with Crippen molar-refractivity contribution in [3.05, 3.63) is 54.1 Å². The SMILES string of the molecule is CSc1ccc(-c2ccc(C3=NCCN3)cc2)cc1. The van der Waals surface area contributed by atoms with Gasteiger partial charge < -0.3 is 5.32 Å². The fourth-order valence-corrected chi connectivity index (χ4v) is 2.60. The third-order valence-electron chi connectivity index (χ3n) is 3.26. The van der Waals surface area contributed by atoms with Gasteiger partial charge in [0.1, 0.15) is 5.84 Å². The molecule has 0 saturated heterocycles. The standard InChI is InChI=1S/C16H16N2S/c1-19-15-8-6-13(7-9-15)12-2-4-14(5-3-12)16-17-10-11-18-16/h2-9H,10-11H2,1H3,(H,17,18). The Morgan fingerprint density at radius 2 is 1.47 bits per heavy atom. The van der Waals surface area contributed by atoms with E-state index in [2.05, 4.69) is 65.1 Å². The molecule has 1 heterocycles. The van der Waals surface area contributed by atoms with Crippen molar-refractivity contribution in [1.29, 1.82) is 0 Å². The second-order valence-electron chi connectivity index (χ2n) is 4.46. The molecule has 0 atom stereocenters. The average Bonchev–Trinajstić information content (AvgIpc) is 3.02. The van der Waals surface area contributed by atoms with Gasteiger partial charge in [-0.25, -0.2) is 0 Å². The van der Waals surface area contributed by atoms with E-state index in [1.807, 2.05) is 0 Å². The normalized spacial score (nSPS) is 14.1. The molecule has 19 heavy (non-hydrogen) atoms. The van der Waals surface area contributed by atoms with Crippen molar-refractivity contribution < 1.29 is 0 Å². The smallest absolute Gasteiger partial charge is 0.128 e. The number of hydrogen-bond acceptors (Lipinski definition) is 3. The van der Waals surface area contributed by atoms with Gasteiger partial charge in [-0.1, -0.05) is 36.4 Å². The molecule has 0 aromatic heterocycles. The number of aliphatic imine (C=N–C) groups is 1. The highest BCUT2D eigenvalue weighted by Crippen LogP contribution is 2.23. The highest BCUT2D eigenvalue weighted by molar-refractivity contribution is 7.98. The van der Waals surface area contributed by atoms with Crippen LogP contribution in [0.4, 0.5) is 0 Å². The maximum absolute atomic E-state index is 4.43. The topological polar surface area (TPSA) is 24.4 Å². The summed E-state index contributed by atoms with van der Waals surface area (Å²) in [5.74, 6) is 1.02. The molecule has 0 spiro atoms. The number of hydrogen-bond donors (Lipinski definition) is 1. The highest BCUT2D eigenvalue weighted by atomic mass is 32.2. The molecule has 2 aromatic rings. The molecule has 1 aliphatic heterocycles. The molecule has 2 nitrogen and oxygen atoms in total. The molecule has 0 bridgehead atoms. The van der Waals surface area contributed by atoms with Crippen LogP contribution in [-0.2, 0) is 0 Å². The van der Waals surface area contributed by atoms with E-state index in [-0.39, 0.29) is 0 Å². The van der Waals surface area contributed by atoms with Gasteiger partial charge in [0.25, 0.3) is 0 Å². The van der Waals surface area contributed by atoms with Gasteiger partial charge >= 0.3 is 0 Å². The molecule has 96 valence electrons. The summed E-state index contributed by atoms with van der Waals surface area (Å²) in [5.41, 5.74) is 3.67. The average molecular weight is 268 g/mol. The van der Waals surface area contributed by atoms with Gasteiger partial charge in [0.15, 0.2) is 0 Å². The summed E-state index contributed by atoms with van der Waals surface area (Å²) in [6.07, 6.45) is 2.10. The van der Waals surface area contributed by atoms with Crippen LogP contribution in [0.5, 0.6) is 0 Å². The lowest BCUT2D eigenvalue weighted by Gasteiger charge is -2.06. The number of rotatable bonds is 3. The molecular formula is C16H16N2S. The van der Waals surface area contributed by atoms with Crippen LogP contribution in [0.2, 0.25) is 0 Å². The predicted octanol–water partition coefficient (Wildman–Crippen LogP) is 3.43. The Hall–Kier alpha value is -1.74. The Kier molecular flexibility index (Phi) is 3.56. The Labute approximate surface area is 118 Å². The van der Waals surface area contributed by atoms with Gasteiger partial charge in [-0.3, -0.25) is 4.99 Å². The first kappa shape index (κ1) is 12.3. The Morgan fingerprint density at radius 1 is 0.895 bits per heavy atom. The molecular weight excluding hydrogens is 252 g/mol. The fraction of sp³-hybridized carbons (Fsp3) is 0.188. The first-order valence-electron chi connectivity index (χ1n) is 6.40. The number of benzene rings is 2. The number of nitrogens with zero attached hydrogens (tertiary/aromatic N) is 1. The summed E-state index contributed by atoms with van der Waals surface area (Å²) in [4.78, 5) is 5.73. The van der Waals surface area contributed by atoms with Crippen LogP contribution in [-0.4, -0.2) is 25.2 Å². The van der Waals surface area contributed by atoms with Gasteiger partial charge in [0.05, 0.1) is 6.54 Å². The van der Waals surface area contributed by atoms with E-state index >= 15 is 0 Å². The maximum Gasteiger partial charge on any atom is 0.128 e. The van der Waals surface area contributed by atoms with E-state index in [0.29, 0.717) is 0 Å². The minimum atomic E-state index is 0.882. The van der Waals surface area contributed by atoms with Crippen LogP contribution in [0, 0.1) is 0 Å². The third-order valence-corrected chi connectivity index (χ3v) is 4.00. The number of amidine groups is 1. The van der Waals surface area contributed by atoms with Crippen molar-refractivity contribution in [3.8, 4) is 11.1 Å². The van der Waals surface area contributed by atoms with Crippen molar-refractivity contribution in [2.75, 3.05) is 19.3 Å². The lowest BCUT2D eigenvalue weighted by Crippen LogP contribution is -2.19. The van der Waals surface area contributed by atoms with E-state index in [1.54, 1.807) is 11.8 Å². The van der Waals surface area contributed by atoms with Crippen molar-refractivity contribution in [1.82, 2.24) is 5.32 Å². The van der Waals surface area contributed by atoms with E-state index in [1.165, 1.54) is 21.6 Å². The first-order chi connectivity index (χ1) is 9.36. The maximum atomic E-state index is 4.43. The zero-order valence-corrected chi connectivity index (χ0v) is 11.7. The Bertz CT molecular complexity index is 585. The fourth-order valence-electron chi connectivity index (χ4n) is 2.20. The van der Waals surface area contributed by atoms with Gasteiger partial charge in [0, 0.05) is 17.0 Å². The molecule has 0 saturated carbocycles. The summed E-state index contributed by atoms with van der Waals surface area (Å²) in [7, 11) is 0.